The number of nitrogens with one attached hydrogen (secondary N) is 1. The Morgan fingerprint density at radius 3 is 2.86 bits per heavy atom. The molecule has 1 unspecified atom stereocenters. The second-order valence-electron chi connectivity index (χ2n) is 9.60. The minimum atomic E-state index is -0.126. The van der Waals surface area contributed by atoms with E-state index >= 15 is 0 Å². The molecule has 8 nitrogen and oxygen atoms in total. The van der Waals surface area contributed by atoms with Crippen LogP contribution in [0.15, 0.2) is 76.8 Å². The smallest absolute Gasteiger partial charge is 0.260 e. The summed E-state index contributed by atoms with van der Waals surface area (Å²) in [6.07, 6.45) is 6.80. The predicted molar refractivity (Wildman–Crippen MR) is 148 cm³/mol. The molecule has 2 aliphatic rings. The highest BCUT2D eigenvalue weighted by Gasteiger charge is 2.27. The number of pyridine rings is 1. The van der Waals surface area contributed by atoms with Crippen molar-refractivity contribution in [2.24, 2.45) is 16.8 Å². The van der Waals surface area contributed by atoms with Crippen molar-refractivity contribution in [3.05, 3.63) is 77.4 Å². The van der Waals surface area contributed by atoms with E-state index in [2.05, 4.69) is 28.8 Å². The van der Waals surface area contributed by atoms with Crippen LogP contribution in [-0.4, -0.2) is 50.1 Å². The van der Waals surface area contributed by atoms with Gasteiger partial charge in [0.2, 0.25) is 11.9 Å². The summed E-state index contributed by atoms with van der Waals surface area (Å²) in [7, 11) is 0. The van der Waals surface area contributed by atoms with Crippen LogP contribution in [0.2, 0.25) is 0 Å². The van der Waals surface area contributed by atoms with Crippen LogP contribution >= 0.6 is 11.6 Å². The molecule has 5 rings (SSSR count). The quantitative estimate of drug-likeness (QED) is 0.488. The number of nitrogens with zero attached hydrogens (tertiary/aromatic N) is 5. The first-order chi connectivity index (χ1) is 17.9. The highest BCUT2D eigenvalue weighted by atomic mass is 35.5. The molecule has 1 amide bonds. The minimum absolute atomic E-state index is 0.0870. The van der Waals surface area contributed by atoms with Crippen molar-refractivity contribution in [2.75, 3.05) is 25.0 Å². The number of hydrogen-bond donors (Lipinski definition) is 1. The van der Waals surface area contributed by atoms with Crippen LogP contribution in [0.4, 0.5) is 5.95 Å². The monoisotopic (exact) mass is 516 g/mol. The molecule has 4 heterocycles. The van der Waals surface area contributed by atoms with E-state index in [4.69, 9.17) is 16.6 Å². The first kappa shape index (κ1) is 24.9. The molecule has 0 saturated carbocycles. The highest BCUT2D eigenvalue weighted by Crippen LogP contribution is 2.25. The number of halogens is 1. The van der Waals surface area contributed by atoms with Crippen molar-refractivity contribution in [3.63, 3.8) is 0 Å². The van der Waals surface area contributed by atoms with Crippen LogP contribution in [0.3, 0.4) is 0 Å². The van der Waals surface area contributed by atoms with Gasteiger partial charge in [-0.15, -0.1) is 0 Å². The molecule has 1 aromatic carbocycles. The normalized spacial score (nSPS) is 19.8. The number of likely N-dealkylation sites (tertiary alicyclic amines) is 1. The number of benzene rings is 1. The number of fused-ring (bicyclic) bond motifs is 1. The third-order valence-electron chi connectivity index (χ3n) is 6.88. The number of anilines is 1. The highest BCUT2D eigenvalue weighted by molar-refractivity contribution is 6.69. The van der Waals surface area contributed by atoms with E-state index in [1.807, 2.05) is 42.5 Å². The Balaban J connectivity index is 1.56. The van der Waals surface area contributed by atoms with Crippen molar-refractivity contribution >= 4 is 39.7 Å². The average molecular weight is 517 g/mol. The summed E-state index contributed by atoms with van der Waals surface area (Å²) in [6, 6.07) is 11.4. The third kappa shape index (κ3) is 5.34. The zero-order valence-corrected chi connectivity index (χ0v) is 21.5. The molecule has 1 saturated heterocycles. The molecule has 37 heavy (non-hydrogen) atoms. The number of aliphatic imine (C=N–C) groups is 1. The maximum Gasteiger partial charge on any atom is 0.260 e. The van der Waals surface area contributed by atoms with Crippen LogP contribution in [0.25, 0.3) is 22.2 Å². The van der Waals surface area contributed by atoms with Gasteiger partial charge < -0.3 is 10.2 Å². The number of hydrogen-bond acceptors (Lipinski definition) is 6. The molecule has 0 radical (unpaired) electrons. The zero-order chi connectivity index (χ0) is 25.9. The first-order valence-electron chi connectivity index (χ1n) is 12.5. The Morgan fingerprint density at radius 1 is 1.27 bits per heavy atom. The molecule has 1 N–H and O–H groups in total. The van der Waals surface area contributed by atoms with Gasteiger partial charge in [0.25, 0.3) is 5.56 Å². The van der Waals surface area contributed by atoms with Crippen LogP contribution in [0.5, 0.6) is 0 Å². The molecular weight excluding hydrogens is 488 g/mol. The second-order valence-corrected chi connectivity index (χ2v) is 9.96. The zero-order valence-electron chi connectivity index (χ0n) is 20.7. The number of amides is 1. The Labute approximate surface area is 220 Å². The third-order valence-corrected chi connectivity index (χ3v) is 7.20. The minimum Gasteiger partial charge on any atom is -0.339 e. The standard InChI is InChI=1S/C28H29ClN6O2/c1-3-24(36)34-12-10-19(16-34)17-35-26-21(14-22(27(35)37)20-7-5-4-6-8-20)15-31-28(33-26)32-23-13-18(2)9-11-30-25(23)29/h3-8,13-15,18-19H,1,9-12,16-17H2,2H3,(H,31,32,33)/t18?,19-/m1/s1. The summed E-state index contributed by atoms with van der Waals surface area (Å²) in [6.45, 7) is 8.02. The van der Waals surface area contributed by atoms with Gasteiger partial charge in [-0.05, 0) is 42.4 Å². The van der Waals surface area contributed by atoms with E-state index in [1.54, 1.807) is 15.7 Å². The Morgan fingerprint density at radius 2 is 2.08 bits per heavy atom. The maximum absolute atomic E-state index is 13.8. The summed E-state index contributed by atoms with van der Waals surface area (Å²) in [4.78, 5) is 41.4. The molecular formula is C28H29ClN6O2. The van der Waals surface area contributed by atoms with Crippen LogP contribution in [0.1, 0.15) is 19.8 Å². The molecule has 2 atom stereocenters. The summed E-state index contributed by atoms with van der Waals surface area (Å²) in [5.74, 6) is 0.681. The molecule has 3 aromatic rings. The number of allylic oxidation sites excluding steroid dienone is 2. The van der Waals surface area contributed by atoms with E-state index in [-0.39, 0.29) is 17.4 Å². The average Bonchev–Trinajstić information content (AvgIpc) is 3.32. The number of aromatic nitrogens is 3. The van der Waals surface area contributed by atoms with E-state index in [1.165, 1.54) is 6.08 Å². The van der Waals surface area contributed by atoms with Crippen molar-refractivity contribution < 1.29 is 4.79 Å². The van der Waals surface area contributed by atoms with E-state index in [0.717, 1.165) is 23.8 Å². The molecule has 9 heteroatoms. The van der Waals surface area contributed by atoms with Crippen LogP contribution in [0, 0.1) is 11.8 Å². The lowest BCUT2D eigenvalue weighted by atomic mass is 10.0. The summed E-state index contributed by atoms with van der Waals surface area (Å²) in [5, 5.41) is 4.35. The van der Waals surface area contributed by atoms with Crippen molar-refractivity contribution in [1.82, 2.24) is 19.4 Å². The molecule has 190 valence electrons. The van der Waals surface area contributed by atoms with Crippen molar-refractivity contribution in [2.45, 2.75) is 26.3 Å². The SMILES string of the molecule is C=CC(=O)N1CC[C@@H](Cn2c(=O)c(-c3ccccc3)cc3cnc(NC4=CC(C)CCN=C4Cl)nc32)C1. The number of carbonyl (C=O) groups is 1. The van der Waals surface area contributed by atoms with Gasteiger partial charge in [0.15, 0.2) is 0 Å². The summed E-state index contributed by atoms with van der Waals surface area (Å²) >= 11 is 6.40. The second kappa shape index (κ2) is 10.7. The fraction of sp³-hybridized carbons (Fsp3) is 0.321. The van der Waals surface area contributed by atoms with Gasteiger partial charge in [0.1, 0.15) is 10.8 Å². The molecule has 0 bridgehead atoms. The molecule has 1 fully saturated rings. The summed E-state index contributed by atoms with van der Waals surface area (Å²) < 4.78 is 1.72. The number of carbonyl (C=O) groups excluding carboxylic acids is 1. The summed E-state index contributed by atoms with van der Waals surface area (Å²) in [5.41, 5.74) is 2.49. The lowest BCUT2D eigenvalue weighted by molar-refractivity contribution is -0.125. The predicted octanol–water partition coefficient (Wildman–Crippen LogP) is 4.47. The van der Waals surface area contributed by atoms with Gasteiger partial charge in [-0.1, -0.05) is 61.5 Å². The van der Waals surface area contributed by atoms with Gasteiger partial charge in [0, 0.05) is 43.3 Å². The Bertz CT molecular complexity index is 1460. The van der Waals surface area contributed by atoms with Gasteiger partial charge >= 0.3 is 0 Å². The van der Waals surface area contributed by atoms with Crippen molar-refractivity contribution in [1.29, 1.82) is 0 Å². The van der Waals surface area contributed by atoms with E-state index in [0.29, 0.717) is 60.1 Å². The molecule has 0 spiro atoms. The van der Waals surface area contributed by atoms with E-state index < -0.39 is 0 Å². The van der Waals surface area contributed by atoms with E-state index in [9.17, 15) is 9.59 Å². The Kier molecular flexibility index (Phi) is 7.19. The van der Waals surface area contributed by atoms with Gasteiger partial charge in [-0.3, -0.25) is 19.1 Å². The Hall–Kier alpha value is -3.78. The lowest BCUT2D eigenvalue weighted by Gasteiger charge is -2.18. The van der Waals surface area contributed by atoms with Gasteiger partial charge in [0.05, 0.1) is 5.70 Å². The molecule has 0 aliphatic carbocycles. The molecule has 2 aromatic heterocycles. The molecule has 2 aliphatic heterocycles. The van der Waals surface area contributed by atoms with Crippen molar-refractivity contribution in [3.8, 4) is 11.1 Å². The topological polar surface area (TPSA) is 92.5 Å². The van der Waals surface area contributed by atoms with Gasteiger partial charge in [-0.25, -0.2) is 4.98 Å². The fourth-order valence-electron chi connectivity index (χ4n) is 4.88. The first-order valence-corrected chi connectivity index (χ1v) is 12.9. The maximum atomic E-state index is 13.8. The largest absolute Gasteiger partial charge is 0.339 e. The van der Waals surface area contributed by atoms with Crippen LogP contribution < -0.4 is 10.9 Å². The fourth-order valence-corrected chi connectivity index (χ4v) is 5.08. The number of rotatable bonds is 6. The van der Waals surface area contributed by atoms with Crippen LogP contribution in [-0.2, 0) is 11.3 Å². The van der Waals surface area contributed by atoms with Gasteiger partial charge in [-0.2, -0.15) is 4.98 Å². The lowest BCUT2D eigenvalue weighted by Crippen LogP contribution is -2.30.